The van der Waals surface area contributed by atoms with Crippen molar-refractivity contribution in [2.75, 3.05) is 19.0 Å². The lowest BCUT2D eigenvalue weighted by molar-refractivity contribution is 0.414. The Balaban J connectivity index is 1.59. The Hall–Kier alpha value is -2.27. The van der Waals surface area contributed by atoms with Gasteiger partial charge in [-0.05, 0) is 35.6 Å². The van der Waals surface area contributed by atoms with E-state index in [2.05, 4.69) is 38.9 Å². The molecule has 0 aliphatic carbocycles. The highest BCUT2D eigenvalue weighted by Gasteiger charge is 2.07. The SMILES string of the molecule is COc1ccc(CCNc2ccsc2-c2cnc[nH]2)cc1. The number of anilines is 1. The van der Waals surface area contributed by atoms with Crippen LogP contribution in [0.4, 0.5) is 5.69 Å². The lowest BCUT2D eigenvalue weighted by Crippen LogP contribution is -2.04. The van der Waals surface area contributed by atoms with Crippen molar-refractivity contribution in [3.05, 3.63) is 53.8 Å². The molecule has 0 aliphatic heterocycles. The minimum Gasteiger partial charge on any atom is -0.497 e. The van der Waals surface area contributed by atoms with Gasteiger partial charge in [0, 0.05) is 6.54 Å². The van der Waals surface area contributed by atoms with Crippen LogP contribution in [0.1, 0.15) is 5.56 Å². The molecule has 3 aromatic rings. The fourth-order valence-corrected chi connectivity index (χ4v) is 3.02. The molecule has 0 unspecified atom stereocenters. The molecule has 108 valence electrons. The van der Waals surface area contributed by atoms with Gasteiger partial charge in [0.1, 0.15) is 5.75 Å². The number of thiophene rings is 1. The number of ether oxygens (including phenoxy) is 1. The van der Waals surface area contributed by atoms with E-state index in [9.17, 15) is 0 Å². The number of rotatable bonds is 6. The summed E-state index contributed by atoms with van der Waals surface area (Å²) in [5.74, 6) is 0.895. The molecule has 0 saturated carbocycles. The van der Waals surface area contributed by atoms with E-state index in [1.165, 1.54) is 10.4 Å². The van der Waals surface area contributed by atoms with Crippen molar-refractivity contribution >= 4 is 17.0 Å². The maximum atomic E-state index is 5.17. The number of H-pyrrole nitrogens is 1. The van der Waals surface area contributed by atoms with Gasteiger partial charge in [0.25, 0.3) is 0 Å². The number of hydrogen-bond donors (Lipinski definition) is 2. The third-order valence-electron chi connectivity index (χ3n) is 3.30. The summed E-state index contributed by atoms with van der Waals surface area (Å²) in [4.78, 5) is 8.42. The Bertz CT molecular complexity index is 674. The van der Waals surface area contributed by atoms with Crippen LogP contribution in [0.3, 0.4) is 0 Å². The second kappa shape index (κ2) is 6.45. The molecule has 2 aromatic heterocycles. The number of imidazole rings is 1. The number of methoxy groups -OCH3 is 1. The molecule has 0 aliphatic rings. The second-order valence-corrected chi connectivity index (χ2v) is 5.57. The highest BCUT2D eigenvalue weighted by Crippen LogP contribution is 2.31. The van der Waals surface area contributed by atoms with Gasteiger partial charge in [-0.25, -0.2) is 4.98 Å². The van der Waals surface area contributed by atoms with E-state index in [0.29, 0.717) is 0 Å². The van der Waals surface area contributed by atoms with Crippen LogP contribution in [0.25, 0.3) is 10.6 Å². The van der Waals surface area contributed by atoms with E-state index in [4.69, 9.17) is 4.74 Å². The highest BCUT2D eigenvalue weighted by molar-refractivity contribution is 7.14. The van der Waals surface area contributed by atoms with Crippen LogP contribution >= 0.6 is 11.3 Å². The highest BCUT2D eigenvalue weighted by atomic mass is 32.1. The molecule has 2 heterocycles. The summed E-state index contributed by atoms with van der Waals surface area (Å²) < 4.78 is 5.17. The minimum atomic E-state index is 0.893. The number of nitrogens with one attached hydrogen (secondary N) is 2. The van der Waals surface area contributed by atoms with E-state index < -0.39 is 0 Å². The summed E-state index contributed by atoms with van der Waals surface area (Å²) in [6, 6.07) is 10.3. The molecule has 0 bridgehead atoms. The van der Waals surface area contributed by atoms with Crippen molar-refractivity contribution in [3.8, 4) is 16.3 Å². The lowest BCUT2D eigenvalue weighted by atomic mass is 10.1. The Morgan fingerprint density at radius 3 is 2.81 bits per heavy atom. The summed E-state index contributed by atoms with van der Waals surface area (Å²) in [6.45, 7) is 0.893. The molecule has 0 atom stereocenters. The Labute approximate surface area is 127 Å². The van der Waals surface area contributed by atoms with Crippen LogP contribution in [0.15, 0.2) is 48.2 Å². The molecule has 0 spiro atoms. The van der Waals surface area contributed by atoms with Crippen molar-refractivity contribution in [2.45, 2.75) is 6.42 Å². The van der Waals surface area contributed by atoms with Crippen molar-refractivity contribution in [2.24, 2.45) is 0 Å². The molecular formula is C16H17N3OS. The summed E-state index contributed by atoms with van der Waals surface area (Å²) in [5.41, 5.74) is 3.50. The van der Waals surface area contributed by atoms with Crippen LogP contribution in [-0.2, 0) is 6.42 Å². The van der Waals surface area contributed by atoms with Gasteiger partial charge in [0.15, 0.2) is 0 Å². The molecule has 0 fully saturated rings. The predicted octanol–water partition coefficient (Wildman–Crippen LogP) is 3.80. The Morgan fingerprint density at radius 2 is 2.10 bits per heavy atom. The normalized spacial score (nSPS) is 10.5. The Morgan fingerprint density at radius 1 is 1.24 bits per heavy atom. The number of aromatic nitrogens is 2. The van der Waals surface area contributed by atoms with Gasteiger partial charge in [-0.1, -0.05) is 12.1 Å². The zero-order valence-corrected chi connectivity index (χ0v) is 12.6. The van der Waals surface area contributed by atoms with Crippen molar-refractivity contribution in [3.63, 3.8) is 0 Å². The van der Waals surface area contributed by atoms with Gasteiger partial charge in [0.2, 0.25) is 0 Å². The first-order valence-corrected chi connectivity index (χ1v) is 7.68. The molecule has 0 amide bonds. The molecule has 2 N–H and O–H groups in total. The van der Waals surface area contributed by atoms with E-state index in [1.54, 1.807) is 24.8 Å². The van der Waals surface area contributed by atoms with Crippen molar-refractivity contribution in [1.82, 2.24) is 9.97 Å². The zero-order chi connectivity index (χ0) is 14.5. The van der Waals surface area contributed by atoms with E-state index in [0.717, 1.165) is 30.1 Å². The monoisotopic (exact) mass is 299 g/mol. The van der Waals surface area contributed by atoms with Gasteiger partial charge >= 0.3 is 0 Å². The minimum absolute atomic E-state index is 0.893. The van der Waals surface area contributed by atoms with Crippen LogP contribution in [0, 0.1) is 0 Å². The third kappa shape index (κ3) is 3.25. The number of hydrogen-bond acceptors (Lipinski definition) is 4. The van der Waals surface area contributed by atoms with Gasteiger partial charge in [0.05, 0.1) is 35.9 Å². The van der Waals surface area contributed by atoms with Crippen molar-refractivity contribution in [1.29, 1.82) is 0 Å². The van der Waals surface area contributed by atoms with Crippen LogP contribution < -0.4 is 10.1 Å². The quantitative estimate of drug-likeness (QED) is 0.728. The molecule has 0 saturated heterocycles. The molecule has 5 heteroatoms. The standard InChI is InChI=1S/C16H17N3OS/c1-20-13-4-2-12(3-5-13)6-8-18-14-7-9-21-16(14)15-10-17-11-19-15/h2-5,7,9-11,18H,6,8H2,1H3,(H,17,19). The fourth-order valence-electron chi connectivity index (χ4n) is 2.17. The smallest absolute Gasteiger partial charge is 0.118 e. The molecule has 21 heavy (non-hydrogen) atoms. The average molecular weight is 299 g/mol. The topological polar surface area (TPSA) is 49.9 Å². The predicted molar refractivity (Wildman–Crippen MR) is 87.1 cm³/mol. The zero-order valence-electron chi connectivity index (χ0n) is 11.8. The van der Waals surface area contributed by atoms with Crippen LogP contribution in [0.5, 0.6) is 5.75 Å². The largest absolute Gasteiger partial charge is 0.497 e. The Kier molecular flexibility index (Phi) is 4.21. The number of benzene rings is 1. The second-order valence-electron chi connectivity index (χ2n) is 4.65. The van der Waals surface area contributed by atoms with Crippen LogP contribution in [0.2, 0.25) is 0 Å². The summed E-state index contributed by atoms with van der Waals surface area (Å²) in [5, 5.41) is 5.58. The third-order valence-corrected chi connectivity index (χ3v) is 4.24. The fraction of sp³-hybridized carbons (Fsp3) is 0.188. The van der Waals surface area contributed by atoms with Crippen LogP contribution in [-0.4, -0.2) is 23.6 Å². The first-order chi connectivity index (χ1) is 10.4. The van der Waals surface area contributed by atoms with Gasteiger partial charge < -0.3 is 15.0 Å². The number of nitrogens with zero attached hydrogens (tertiary/aromatic N) is 1. The van der Waals surface area contributed by atoms with Gasteiger partial charge in [-0.2, -0.15) is 0 Å². The lowest BCUT2D eigenvalue weighted by Gasteiger charge is -2.07. The average Bonchev–Trinajstić information content (AvgIpc) is 3.18. The summed E-state index contributed by atoms with van der Waals surface area (Å²) in [7, 11) is 1.68. The molecule has 3 rings (SSSR count). The van der Waals surface area contributed by atoms with E-state index >= 15 is 0 Å². The summed E-state index contributed by atoms with van der Waals surface area (Å²) in [6.07, 6.45) is 4.53. The van der Waals surface area contributed by atoms with E-state index in [-0.39, 0.29) is 0 Å². The maximum absolute atomic E-state index is 5.17. The number of aromatic amines is 1. The molecule has 1 aromatic carbocycles. The maximum Gasteiger partial charge on any atom is 0.118 e. The van der Waals surface area contributed by atoms with Gasteiger partial charge in [-0.15, -0.1) is 11.3 Å². The first-order valence-electron chi connectivity index (χ1n) is 6.80. The van der Waals surface area contributed by atoms with E-state index in [1.807, 2.05) is 18.3 Å². The van der Waals surface area contributed by atoms with Gasteiger partial charge in [-0.3, -0.25) is 0 Å². The van der Waals surface area contributed by atoms with Crippen molar-refractivity contribution < 1.29 is 4.74 Å². The molecular weight excluding hydrogens is 282 g/mol. The molecule has 0 radical (unpaired) electrons. The first kappa shape index (κ1) is 13.7. The summed E-state index contributed by atoms with van der Waals surface area (Å²) >= 11 is 1.71. The molecule has 4 nitrogen and oxygen atoms in total.